The number of primary amides is 1. The maximum atomic E-state index is 12.4. The number of ether oxygens (including phenoxy) is 1. The second kappa shape index (κ2) is 15.0. The number of carbonyl (C=O) groups excluding carboxylic acids is 2. The number of carbonyl (C=O) groups is 2. The number of amides is 3. The SMILES string of the molecule is NC(=O)Nc1cccc(OCCN(CCCCC(=O)NC2CCCCCC2)Cc2ccccc2)c1. The van der Waals surface area contributed by atoms with Crippen molar-refractivity contribution < 1.29 is 14.3 Å². The van der Waals surface area contributed by atoms with Crippen LogP contribution in [0, 0.1) is 0 Å². The summed E-state index contributed by atoms with van der Waals surface area (Å²) in [5.41, 5.74) is 7.06. The first-order valence-electron chi connectivity index (χ1n) is 12.9. The minimum Gasteiger partial charge on any atom is -0.492 e. The zero-order chi connectivity index (χ0) is 24.7. The highest BCUT2D eigenvalue weighted by Gasteiger charge is 2.14. The van der Waals surface area contributed by atoms with Crippen molar-refractivity contribution in [2.75, 3.05) is 25.0 Å². The van der Waals surface area contributed by atoms with Crippen molar-refractivity contribution in [3.05, 3.63) is 60.2 Å². The molecule has 0 spiro atoms. The number of hydrogen-bond acceptors (Lipinski definition) is 4. The average molecular weight is 481 g/mol. The van der Waals surface area contributed by atoms with Crippen molar-refractivity contribution in [1.82, 2.24) is 10.2 Å². The van der Waals surface area contributed by atoms with Gasteiger partial charge in [0, 0.05) is 37.3 Å². The molecule has 0 aliphatic heterocycles. The van der Waals surface area contributed by atoms with Crippen LogP contribution in [0.2, 0.25) is 0 Å². The van der Waals surface area contributed by atoms with Crippen LogP contribution < -0.4 is 21.1 Å². The molecule has 3 rings (SSSR count). The molecule has 1 aliphatic carbocycles. The molecule has 2 aromatic rings. The topological polar surface area (TPSA) is 96.7 Å². The summed E-state index contributed by atoms with van der Waals surface area (Å²) in [7, 11) is 0. The van der Waals surface area contributed by atoms with Crippen molar-refractivity contribution in [2.24, 2.45) is 5.73 Å². The van der Waals surface area contributed by atoms with Crippen LogP contribution in [-0.4, -0.2) is 42.6 Å². The molecule has 1 fully saturated rings. The van der Waals surface area contributed by atoms with E-state index >= 15 is 0 Å². The van der Waals surface area contributed by atoms with Crippen molar-refractivity contribution in [3.8, 4) is 5.75 Å². The maximum Gasteiger partial charge on any atom is 0.316 e. The first-order chi connectivity index (χ1) is 17.1. The first kappa shape index (κ1) is 26.5. The Labute approximate surface area is 209 Å². The Hall–Kier alpha value is -3.06. The fraction of sp³-hybridized carbons (Fsp3) is 0.500. The summed E-state index contributed by atoms with van der Waals surface area (Å²) in [5.74, 6) is 0.880. The van der Waals surface area contributed by atoms with Crippen molar-refractivity contribution >= 4 is 17.6 Å². The second-order valence-electron chi connectivity index (χ2n) is 9.34. The van der Waals surface area contributed by atoms with E-state index in [4.69, 9.17) is 10.5 Å². The minimum atomic E-state index is -0.598. The number of unbranched alkanes of at least 4 members (excludes halogenated alkanes) is 1. The Morgan fingerprint density at radius 3 is 2.46 bits per heavy atom. The highest BCUT2D eigenvalue weighted by molar-refractivity contribution is 5.87. The zero-order valence-corrected chi connectivity index (χ0v) is 20.7. The van der Waals surface area contributed by atoms with Crippen LogP contribution >= 0.6 is 0 Å². The van der Waals surface area contributed by atoms with Gasteiger partial charge in [-0.3, -0.25) is 9.69 Å². The smallest absolute Gasteiger partial charge is 0.316 e. The standard InChI is InChI=1S/C28H40N4O3/c29-28(34)31-25-15-10-16-26(21-25)35-20-19-32(22-23-11-4-3-5-12-23)18-9-8-17-27(33)30-24-13-6-1-2-7-14-24/h3-5,10-12,15-16,21,24H,1-2,6-9,13-14,17-20,22H2,(H,30,33)(H3,29,31,34). The Kier molecular flexibility index (Phi) is 11.4. The van der Waals surface area contributed by atoms with Gasteiger partial charge in [-0.1, -0.05) is 62.1 Å². The third kappa shape index (κ3) is 10.8. The summed E-state index contributed by atoms with van der Waals surface area (Å²) in [6.45, 7) is 3.02. The highest BCUT2D eigenvalue weighted by atomic mass is 16.5. The van der Waals surface area contributed by atoms with Gasteiger partial charge in [-0.15, -0.1) is 0 Å². The van der Waals surface area contributed by atoms with Crippen LogP contribution in [0.4, 0.5) is 10.5 Å². The van der Waals surface area contributed by atoms with E-state index in [0.717, 1.165) is 45.3 Å². The van der Waals surface area contributed by atoms with E-state index < -0.39 is 6.03 Å². The number of urea groups is 1. The molecule has 0 radical (unpaired) electrons. The van der Waals surface area contributed by atoms with Gasteiger partial charge in [0.15, 0.2) is 0 Å². The Bertz CT molecular complexity index is 898. The number of hydrogen-bond donors (Lipinski definition) is 3. The van der Waals surface area contributed by atoms with Gasteiger partial charge in [0.2, 0.25) is 5.91 Å². The molecule has 7 nitrogen and oxygen atoms in total. The fourth-order valence-electron chi connectivity index (χ4n) is 4.55. The summed E-state index contributed by atoms with van der Waals surface area (Å²) in [5, 5.41) is 5.81. The number of benzene rings is 2. The van der Waals surface area contributed by atoms with Gasteiger partial charge in [-0.25, -0.2) is 4.79 Å². The molecule has 1 aliphatic rings. The summed E-state index contributed by atoms with van der Waals surface area (Å²) in [4.78, 5) is 25.8. The van der Waals surface area contributed by atoms with Crippen LogP contribution in [0.25, 0.3) is 0 Å². The molecule has 0 unspecified atom stereocenters. The lowest BCUT2D eigenvalue weighted by molar-refractivity contribution is -0.122. The van der Waals surface area contributed by atoms with Gasteiger partial charge in [-0.2, -0.15) is 0 Å². The summed E-state index contributed by atoms with van der Waals surface area (Å²) in [6.07, 6.45) is 9.73. The van der Waals surface area contributed by atoms with Gasteiger partial charge in [0.05, 0.1) is 0 Å². The number of nitrogens with one attached hydrogen (secondary N) is 2. The van der Waals surface area contributed by atoms with E-state index in [1.807, 2.05) is 18.2 Å². The van der Waals surface area contributed by atoms with Crippen molar-refractivity contribution in [2.45, 2.75) is 70.4 Å². The lowest BCUT2D eigenvalue weighted by atomic mass is 10.1. The largest absolute Gasteiger partial charge is 0.492 e. The van der Waals surface area contributed by atoms with E-state index in [2.05, 4.69) is 39.8 Å². The third-order valence-electron chi connectivity index (χ3n) is 6.38. The molecule has 190 valence electrons. The van der Waals surface area contributed by atoms with E-state index in [-0.39, 0.29) is 5.91 Å². The normalized spacial score (nSPS) is 14.3. The van der Waals surface area contributed by atoms with E-state index in [1.165, 1.54) is 31.2 Å². The third-order valence-corrected chi connectivity index (χ3v) is 6.38. The molecule has 2 aromatic carbocycles. The lowest BCUT2D eigenvalue weighted by Crippen LogP contribution is -2.34. The molecule has 35 heavy (non-hydrogen) atoms. The van der Waals surface area contributed by atoms with Crippen LogP contribution in [0.3, 0.4) is 0 Å². The number of rotatable bonds is 13. The molecule has 0 bridgehead atoms. The van der Waals surface area contributed by atoms with Crippen LogP contribution in [0.1, 0.15) is 63.4 Å². The summed E-state index contributed by atoms with van der Waals surface area (Å²) >= 11 is 0. The van der Waals surface area contributed by atoms with E-state index in [9.17, 15) is 9.59 Å². The van der Waals surface area contributed by atoms with Gasteiger partial charge >= 0.3 is 6.03 Å². The van der Waals surface area contributed by atoms with E-state index in [0.29, 0.717) is 30.5 Å². The number of nitrogens with zero attached hydrogens (tertiary/aromatic N) is 1. The molecular weight excluding hydrogens is 440 g/mol. The number of anilines is 1. The summed E-state index contributed by atoms with van der Waals surface area (Å²) in [6, 6.07) is 17.4. The number of nitrogens with two attached hydrogens (primary N) is 1. The maximum absolute atomic E-state index is 12.4. The van der Waals surface area contributed by atoms with Crippen LogP contribution in [-0.2, 0) is 11.3 Å². The van der Waals surface area contributed by atoms with E-state index in [1.54, 1.807) is 12.1 Å². The molecule has 0 aromatic heterocycles. The summed E-state index contributed by atoms with van der Waals surface area (Å²) < 4.78 is 5.94. The molecular formula is C28H40N4O3. The van der Waals surface area contributed by atoms with Crippen LogP contribution in [0.15, 0.2) is 54.6 Å². The Morgan fingerprint density at radius 1 is 0.943 bits per heavy atom. The molecule has 0 saturated heterocycles. The monoisotopic (exact) mass is 480 g/mol. The van der Waals surface area contributed by atoms with Gasteiger partial charge in [0.1, 0.15) is 12.4 Å². The van der Waals surface area contributed by atoms with Crippen LogP contribution in [0.5, 0.6) is 5.75 Å². The average Bonchev–Trinajstić information content (AvgIpc) is 3.11. The predicted octanol–water partition coefficient (Wildman–Crippen LogP) is 5.07. The minimum absolute atomic E-state index is 0.194. The van der Waals surface area contributed by atoms with Gasteiger partial charge in [-0.05, 0) is 49.9 Å². The predicted molar refractivity (Wildman–Crippen MR) is 140 cm³/mol. The zero-order valence-electron chi connectivity index (χ0n) is 20.7. The Balaban J connectivity index is 1.43. The first-order valence-corrected chi connectivity index (χ1v) is 12.9. The molecule has 0 atom stereocenters. The molecule has 3 amide bonds. The van der Waals surface area contributed by atoms with Gasteiger partial charge in [0.25, 0.3) is 0 Å². The molecule has 4 N–H and O–H groups in total. The molecule has 7 heteroatoms. The second-order valence-corrected chi connectivity index (χ2v) is 9.34. The van der Waals surface area contributed by atoms with Crippen molar-refractivity contribution in [3.63, 3.8) is 0 Å². The lowest BCUT2D eigenvalue weighted by Gasteiger charge is -2.23. The highest BCUT2D eigenvalue weighted by Crippen LogP contribution is 2.18. The molecule has 1 saturated carbocycles. The van der Waals surface area contributed by atoms with Crippen molar-refractivity contribution in [1.29, 1.82) is 0 Å². The van der Waals surface area contributed by atoms with Gasteiger partial charge < -0.3 is 21.1 Å². The Morgan fingerprint density at radius 2 is 1.71 bits per heavy atom. The quantitative estimate of drug-likeness (QED) is 0.275. The molecule has 0 heterocycles. The fourth-order valence-corrected chi connectivity index (χ4v) is 4.55.